The predicted octanol–water partition coefficient (Wildman–Crippen LogP) is 3.53. The quantitative estimate of drug-likeness (QED) is 0.326. The fraction of sp³-hybridized carbons (Fsp3) is 0.500. The molecule has 166 valence electrons. The van der Waals surface area contributed by atoms with Crippen molar-refractivity contribution in [3.63, 3.8) is 0 Å². The van der Waals surface area contributed by atoms with Crippen molar-refractivity contribution in [3.05, 3.63) is 22.7 Å². The zero-order valence-electron chi connectivity index (χ0n) is 15.6. The molecule has 0 N–H and O–H groups in total. The smallest absolute Gasteiger partial charge is 0.340 e. The molecule has 0 unspecified atom stereocenters. The Morgan fingerprint density at radius 1 is 1.23 bits per heavy atom. The van der Waals surface area contributed by atoms with Crippen molar-refractivity contribution in [1.82, 2.24) is 0 Å². The first-order valence-electron chi connectivity index (χ1n) is 8.77. The molecular weight excluding hydrogens is 456 g/mol. The number of ketones is 3. The number of benzene rings is 1. The number of hydrogen-bond donors (Lipinski definition) is 0. The number of rotatable bonds is 8. The second-order valence-corrected chi connectivity index (χ2v) is 9.22. The van der Waals surface area contributed by atoms with E-state index in [1.807, 2.05) is 0 Å². The molecule has 1 fully saturated rings. The molecule has 0 saturated heterocycles. The van der Waals surface area contributed by atoms with E-state index >= 15 is 0 Å². The van der Waals surface area contributed by atoms with E-state index in [-0.39, 0.29) is 19.3 Å². The Kier molecular flexibility index (Phi) is 7.28. The summed E-state index contributed by atoms with van der Waals surface area (Å²) >= 11 is 6.03. The van der Waals surface area contributed by atoms with Gasteiger partial charge in [0.2, 0.25) is 0 Å². The van der Waals surface area contributed by atoms with Gasteiger partial charge in [-0.25, -0.2) is 17.2 Å². The highest BCUT2D eigenvalue weighted by molar-refractivity contribution is 7.91. The van der Waals surface area contributed by atoms with Crippen LogP contribution in [0.2, 0.25) is 5.02 Å². The van der Waals surface area contributed by atoms with Crippen LogP contribution in [0, 0.1) is 5.92 Å². The molecule has 1 saturated carbocycles. The van der Waals surface area contributed by atoms with E-state index in [0.29, 0.717) is 0 Å². The average Bonchev–Trinajstić information content (AvgIpc) is 2.66. The van der Waals surface area contributed by atoms with Gasteiger partial charge in [0, 0.05) is 18.4 Å². The van der Waals surface area contributed by atoms with Crippen LogP contribution in [0.1, 0.15) is 36.5 Å². The van der Waals surface area contributed by atoms with E-state index in [1.54, 1.807) is 0 Å². The van der Waals surface area contributed by atoms with Crippen LogP contribution in [0.15, 0.2) is 17.0 Å². The molecule has 0 bridgehead atoms. The lowest BCUT2D eigenvalue weighted by atomic mass is 9.81. The molecule has 0 radical (unpaired) electrons. The third-order valence-corrected chi connectivity index (χ3v) is 6.65. The number of sulfone groups is 1. The fourth-order valence-electron chi connectivity index (χ4n) is 2.85. The van der Waals surface area contributed by atoms with Gasteiger partial charge in [-0.1, -0.05) is 18.5 Å². The van der Waals surface area contributed by atoms with E-state index in [4.69, 9.17) is 11.6 Å². The molecule has 6 nitrogen and oxygen atoms in total. The molecule has 30 heavy (non-hydrogen) atoms. The summed E-state index contributed by atoms with van der Waals surface area (Å²) in [5.41, 5.74) is -0.504. The minimum absolute atomic E-state index is 0.0218. The number of carbonyl (C=O) groups is 3. The van der Waals surface area contributed by atoms with Crippen LogP contribution in [0.5, 0.6) is 5.75 Å². The first-order valence-corrected chi connectivity index (χ1v) is 10.8. The number of hydrogen-bond acceptors (Lipinski definition) is 6. The van der Waals surface area contributed by atoms with Gasteiger partial charge in [-0.2, -0.15) is 8.78 Å². The van der Waals surface area contributed by atoms with Crippen molar-refractivity contribution in [2.75, 3.05) is 12.4 Å². The first-order chi connectivity index (χ1) is 13.8. The fourth-order valence-corrected chi connectivity index (χ4v) is 4.25. The van der Waals surface area contributed by atoms with E-state index in [2.05, 4.69) is 4.74 Å². The van der Waals surface area contributed by atoms with Gasteiger partial charge in [0.1, 0.15) is 10.8 Å². The van der Waals surface area contributed by atoms with E-state index < -0.39 is 79.0 Å². The van der Waals surface area contributed by atoms with E-state index in [9.17, 15) is 40.4 Å². The lowest BCUT2D eigenvalue weighted by Gasteiger charge is -2.21. The van der Waals surface area contributed by atoms with Gasteiger partial charge in [0.15, 0.2) is 39.5 Å². The lowest BCUT2D eigenvalue weighted by molar-refractivity contribution is -0.148. The highest BCUT2D eigenvalue weighted by Gasteiger charge is 2.43. The highest BCUT2D eigenvalue weighted by atomic mass is 35.5. The van der Waals surface area contributed by atoms with Crippen LogP contribution in [-0.4, -0.2) is 50.5 Å². The van der Waals surface area contributed by atoms with Gasteiger partial charge in [0.25, 0.3) is 0 Å². The molecule has 1 aromatic carbocycles. The van der Waals surface area contributed by atoms with Gasteiger partial charge >= 0.3 is 12.3 Å². The molecule has 1 aliphatic carbocycles. The zero-order valence-corrected chi connectivity index (χ0v) is 17.2. The van der Waals surface area contributed by atoms with E-state index in [0.717, 1.165) is 12.1 Å². The molecule has 12 heteroatoms. The number of carbonyl (C=O) groups excluding carboxylic acids is 3. The maximum Gasteiger partial charge on any atom is 0.340 e. The van der Waals surface area contributed by atoms with Crippen molar-refractivity contribution >= 4 is 38.8 Å². The largest absolute Gasteiger partial charge is 0.484 e. The number of Topliss-reactive ketones (excluding diaryl/α,β-unsaturated/α-hetero) is 3. The average molecular weight is 473 g/mol. The molecular formula is C18H17ClF4O6S. The summed E-state index contributed by atoms with van der Waals surface area (Å²) in [6.45, 7) is -0.672. The number of ether oxygens (including phenoxy) is 1. The zero-order chi connectivity index (χ0) is 22.9. The Labute approximate surface area is 174 Å². The summed E-state index contributed by atoms with van der Waals surface area (Å²) in [7, 11) is -4.12. The Morgan fingerprint density at radius 2 is 1.80 bits per heavy atom. The molecule has 0 atom stereocenters. The minimum atomic E-state index is -4.62. The van der Waals surface area contributed by atoms with Crippen LogP contribution >= 0.6 is 11.6 Å². The lowest BCUT2D eigenvalue weighted by Crippen LogP contribution is -2.36. The van der Waals surface area contributed by atoms with Gasteiger partial charge in [-0.05, 0) is 18.6 Å². The maximum atomic E-state index is 13.3. The minimum Gasteiger partial charge on any atom is -0.484 e. The molecule has 0 aromatic heterocycles. The summed E-state index contributed by atoms with van der Waals surface area (Å²) < 4.78 is 80.6. The van der Waals surface area contributed by atoms with Crippen LogP contribution < -0.4 is 4.74 Å². The van der Waals surface area contributed by atoms with Crippen molar-refractivity contribution in [3.8, 4) is 5.75 Å². The third kappa shape index (κ3) is 4.83. The Morgan fingerprint density at radius 3 is 2.30 bits per heavy atom. The van der Waals surface area contributed by atoms with Crippen LogP contribution in [0.3, 0.4) is 0 Å². The summed E-state index contributed by atoms with van der Waals surface area (Å²) in [6, 6.07) is 1.77. The van der Waals surface area contributed by atoms with Crippen molar-refractivity contribution in [1.29, 1.82) is 0 Å². The molecule has 2 rings (SSSR count). The predicted molar refractivity (Wildman–Crippen MR) is 97.3 cm³/mol. The Hall–Kier alpha value is -2.01. The Balaban J connectivity index is 2.55. The van der Waals surface area contributed by atoms with Crippen LogP contribution in [-0.2, 0) is 19.4 Å². The molecule has 1 aromatic rings. The number of alkyl halides is 4. The maximum absolute atomic E-state index is 13.3. The SMILES string of the molecule is CCS(=O)(=O)c1ccc(C(=O)C2C(=O)CCCC2=O)c(Cl)c1OCC(F)(F)C(F)F. The van der Waals surface area contributed by atoms with Gasteiger partial charge in [-0.15, -0.1) is 0 Å². The molecule has 0 aliphatic heterocycles. The second kappa shape index (κ2) is 9.01. The second-order valence-electron chi connectivity index (χ2n) is 6.59. The molecule has 0 spiro atoms. The number of halogens is 5. The van der Waals surface area contributed by atoms with Crippen molar-refractivity contribution < 1.29 is 45.1 Å². The van der Waals surface area contributed by atoms with Crippen LogP contribution in [0.25, 0.3) is 0 Å². The normalized spacial score (nSPS) is 16.2. The summed E-state index contributed by atoms with van der Waals surface area (Å²) in [6.07, 6.45) is -3.86. The van der Waals surface area contributed by atoms with Crippen molar-refractivity contribution in [2.45, 2.75) is 43.4 Å². The standard InChI is InChI=1S/C18H17ClF4O6S/c1-2-30(27,28)12-7-6-9(15(26)13-10(24)4-3-5-11(13)25)14(19)16(12)29-8-18(22,23)17(20)21/h6-7,13,17H,2-5,8H2,1H3. The van der Waals surface area contributed by atoms with E-state index in [1.165, 1.54) is 6.92 Å². The first kappa shape index (κ1) is 24.3. The topological polar surface area (TPSA) is 94.6 Å². The molecule has 1 aliphatic rings. The van der Waals surface area contributed by atoms with Crippen molar-refractivity contribution in [2.24, 2.45) is 5.92 Å². The van der Waals surface area contributed by atoms with Gasteiger partial charge < -0.3 is 4.74 Å². The summed E-state index contributed by atoms with van der Waals surface area (Å²) in [4.78, 5) is 36.1. The van der Waals surface area contributed by atoms with Gasteiger partial charge in [-0.3, -0.25) is 14.4 Å². The third-order valence-electron chi connectivity index (χ3n) is 4.52. The van der Waals surface area contributed by atoms with Gasteiger partial charge in [0.05, 0.1) is 10.8 Å². The van der Waals surface area contributed by atoms with Crippen LogP contribution in [0.4, 0.5) is 17.6 Å². The Bertz CT molecular complexity index is 961. The summed E-state index contributed by atoms with van der Waals surface area (Å²) in [5.74, 6) is -10.0. The highest BCUT2D eigenvalue weighted by Crippen LogP contribution is 2.38. The summed E-state index contributed by atoms with van der Waals surface area (Å²) in [5, 5.41) is -0.759. The monoisotopic (exact) mass is 472 g/mol. The molecule has 0 heterocycles. The molecule has 0 amide bonds.